The van der Waals surface area contributed by atoms with E-state index >= 15 is 0 Å². The van der Waals surface area contributed by atoms with E-state index in [9.17, 15) is 9.59 Å². The molecule has 24 heavy (non-hydrogen) atoms. The van der Waals surface area contributed by atoms with Crippen LogP contribution >= 0.6 is 11.6 Å². The largest absolute Gasteiger partial charge is 0.342 e. The summed E-state index contributed by atoms with van der Waals surface area (Å²) >= 11 is 6.13. The number of hydrogen-bond acceptors (Lipinski definition) is 3. The van der Waals surface area contributed by atoms with Gasteiger partial charge in [-0.1, -0.05) is 11.6 Å². The van der Waals surface area contributed by atoms with Crippen LogP contribution in [0.25, 0.3) is 0 Å². The van der Waals surface area contributed by atoms with Crippen molar-refractivity contribution in [2.75, 3.05) is 37.6 Å². The van der Waals surface area contributed by atoms with Crippen LogP contribution < -0.4 is 4.90 Å². The van der Waals surface area contributed by atoms with Gasteiger partial charge in [-0.15, -0.1) is 0 Å². The second-order valence-electron chi connectivity index (χ2n) is 5.81. The molecule has 0 saturated carbocycles. The van der Waals surface area contributed by atoms with E-state index in [4.69, 9.17) is 11.6 Å². The molecule has 0 bridgehead atoms. The first kappa shape index (κ1) is 16.8. The van der Waals surface area contributed by atoms with Crippen molar-refractivity contribution in [3.63, 3.8) is 0 Å². The number of nitrogens with zero attached hydrogens (tertiary/aromatic N) is 4. The number of carbonyl (C=O) groups excluding carboxylic acids is 2. The number of halogens is 1. The first-order valence-corrected chi connectivity index (χ1v) is 8.65. The van der Waals surface area contributed by atoms with Gasteiger partial charge in [0.2, 0.25) is 5.91 Å². The number of fused-ring (bicyclic) bond motifs is 3. The zero-order chi connectivity index (χ0) is 17.3. The number of hydrogen-bond donors (Lipinski definition) is 0. The number of likely N-dealkylation sites (N-methyl/N-ethyl adjacent to an activating group) is 1. The molecule has 0 saturated heterocycles. The highest BCUT2D eigenvalue weighted by atomic mass is 35.5. The molecule has 0 atom stereocenters. The third-order valence-corrected chi connectivity index (χ3v) is 4.65. The van der Waals surface area contributed by atoms with Gasteiger partial charge in [-0.2, -0.15) is 0 Å². The van der Waals surface area contributed by atoms with Crippen molar-refractivity contribution in [3.05, 3.63) is 28.8 Å². The minimum absolute atomic E-state index is 0.0115. The van der Waals surface area contributed by atoms with Gasteiger partial charge in [0.05, 0.1) is 5.69 Å². The molecular formula is C17H21ClN4O2. The number of carbonyl (C=O) groups is 2. The van der Waals surface area contributed by atoms with E-state index in [0.29, 0.717) is 42.7 Å². The smallest absolute Gasteiger partial charge is 0.330 e. The summed E-state index contributed by atoms with van der Waals surface area (Å²) in [5, 5.41) is 0.534. The van der Waals surface area contributed by atoms with Crippen LogP contribution in [0.2, 0.25) is 5.02 Å². The summed E-state index contributed by atoms with van der Waals surface area (Å²) in [4.78, 5) is 34.9. The Morgan fingerprint density at radius 2 is 2.08 bits per heavy atom. The highest BCUT2D eigenvalue weighted by Gasteiger charge is 2.37. The van der Waals surface area contributed by atoms with E-state index in [1.807, 2.05) is 19.9 Å². The molecule has 0 radical (unpaired) electrons. The Balaban J connectivity index is 2.01. The Morgan fingerprint density at radius 3 is 2.79 bits per heavy atom. The number of urea groups is 1. The lowest BCUT2D eigenvalue weighted by Crippen LogP contribution is -2.55. The molecule has 128 valence electrons. The topological polar surface area (TPSA) is 56.2 Å². The van der Waals surface area contributed by atoms with Gasteiger partial charge >= 0.3 is 6.03 Å². The fourth-order valence-corrected chi connectivity index (χ4v) is 3.32. The molecule has 6 nitrogen and oxygen atoms in total. The van der Waals surface area contributed by atoms with E-state index in [2.05, 4.69) is 4.99 Å². The van der Waals surface area contributed by atoms with Gasteiger partial charge < -0.3 is 4.90 Å². The molecule has 0 spiro atoms. The van der Waals surface area contributed by atoms with Gasteiger partial charge in [-0.05, 0) is 38.5 Å². The number of amidine groups is 1. The normalized spacial score (nSPS) is 16.5. The molecule has 2 aliphatic rings. The predicted molar refractivity (Wildman–Crippen MR) is 94.8 cm³/mol. The lowest BCUT2D eigenvalue weighted by molar-refractivity contribution is -0.129. The fraction of sp³-hybridized carbons (Fsp3) is 0.471. The molecule has 1 aromatic carbocycles. The molecule has 0 aliphatic carbocycles. The highest BCUT2D eigenvalue weighted by Crippen LogP contribution is 2.32. The van der Waals surface area contributed by atoms with Gasteiger partial charge in [0.15, 0.2) is 0 Å². The van der Waals surface area contributed by atoms with Crippen LogP contribution in [0.5, 0.6) is 0 Å². The quantitative estimate of drug-likeness (QED) is 0.839. The van der Waals surface area contributed by atoms with Crippen LogP contribution in [0.1, 0.15) is 25.8 Å². The predicted octanol–water partition coefficient (Wildman–Crippen LogP) is 2.60. The summed E-state index contributed by atoms with van der Waals surface area (Å²) in [6, 6.07) is 5.19. The lowest BCUT2D eigenvalue weighted by Gasteiger charge is -2.39. The van der Waals surface area contributed by atoms with E-state index in [0.717, 1.165) is 12.0 Å². The maximum absolute atomic E-state index is 12.9. The molecule has 0 fully saturated rings. The second kappa shape index (κ2) is 6.81. The van der Waals surface area contributed by atoms with Crippen molar-refractivity contribution in [3.8, 4) is 0 Å². The number of aliphatic imine (C=N–C) groups is 1. The van der Waals surface area contributed by atoms with Crippen LogP contribution in [0.15, 0.2) is 23.2 Å². The van der Waals surface area contributed by atoms with E-state index in [1.54, 1.807) is 21.9 Å². The van der Waals surface area contributed by atoms with Gasteiger partial charge in [-0.3, -0.25) is 19.6 Å². The van der Waals surface area contributed by atoms with E-state index < -0.39 is 0 Å². The van der Waals surface area contributed by atoms with Gasteiger partial charge in [0, 0.05) is 36.8 Å². The SMILES string of the molecule is CCN(CC)C(=O)CN1C(=O)N2CCCN=C2c2ccc(Cl)cc21. The summed E-state index contributed by atoms with van der Waals surface area (Å²) in [6.45, 7) is 6.44. The van der Waals surface area contributed by atoms with Crippen molar-refractivity contribution in [2.45, 2.75) is 20.3 Å². The summed E-state index contributed by atoms with van der Waals surface area (Å²) < 4.78 is 0. The third kappa shape index (κ3) is 2.86. The zero-order valence-electron chi connectivity index (χ0n) is 14.0. The van der Waals surface area contributed by atoms with Crippen molar-refractivity contribution in [1.29, 1.82) is 0 Å². The monoisotopic (exact) mass is 348 g/mol. The Kier molecular flexibility index (Phi) is 4.76. The second-order valence-corrected chi connectivity index (χ2v) is 6.24. The minimum Gasteiger partial charge on any atom is -0.342 e. The summed E-state index contributed by atoms with van der Waals surface area (Å²) in [6.07, 6.45) is 0.829. The van der Waals surface area contributed by atoms with Crippen LogP contribution in [0.3, 0.4) is 0 Å². The Morgan fingerprint density at radius 1 is 1.33 bits per heavy atom. The summed E-state index contributed by atoms with van der Waals surface area (Å²) in [7, 11) is 0. The molecule has 3 amide bonds. The molecule has 0 aromatic heterocycles. The molecule has 2 heterocycles. The van der Waals surface area contributed by atoms with Crippen LogP contribution in [-0.4, -0.2) is 60.3 Å². The zero-order valence-corrected chi connectivity index (χ0v) is 14.7. The van der Waals surface area contributed by atoms with E-state index in [-0.39, 0.29) is 18.5 Å². The maximum atomic E-state index is 12.9. The van der Waals surface area contributed by atoms with Crippen LogP contribution in [0.4, 0.5) is 10.5 Å². The fourth-order valence-electron chi connectivity index (χ4n) is 3.15. The minimum atomic E-state index is -0.205. The van der Waals surface area contributed by atoms with Crippen LogP contribution in [0, 0.1) is 0 Å². The molecule has 7 heteroatoms. The van der Waals surface area contributed by atoms with Crippen molar-refractivity contribution >= 4 is 35.1 Å². The van der Waals surface area contributed by atoms with Crippen LogP contribution in [-0.2, 0) is 4.79 Å². The molecule has 3 rings (SSSR count). The molecule has 1 aromatic rings. The van der Waals surface area contributed by atoms with Crippen molar-refractivity contribution in [2.24, 2.45) is 4.99 Å². The lowest BCUT2D eigenvalue weighted by atomic mass is 10.1. The average Bonchev–Trinajstić information content (AvgIpc) is 2.59. The van der Waals surface area contributed by atoms with Crippen molar-refractivity contribution < 1.29 is 9.59 Å². The molecule has 0 N–H and O–H groups in total. The first-order valence-electron chi connectivity index (χ1n) is 8.28. The number of anilines is 1. The third-order valence-electron chi connectivity index (χ3n) is 4.42. The Hall–Kier alpha value is -2.08. The van der Waals surface area contributed by atoms with Gasteiger partial charge in [0.25, 0.3) is 0 Å². The highest BCUT2D eigenvalue weighted by molar-refractivity contribution is 6.31. The number of rotatable bonds is 4. The number of benzene rings is 1. The standard InChI is InChI=1S/C17H21ClN4O2/c1-3-20(4-2)15(23)11-22-14-10-12(18)6-7-13(14)16-19-8-5-9-21(16)17(22)24/h6-7,10H,3-5,8-9,11H2,1-2H3. The summed E-state index contributed by atoms with van der Waals surface area (Å²) in [5.74, 6) is 0.612. The Labute approximate surface area is 146 Å². The summed E-state index contributed by atoms with van der Waals surface area (Å²) in [5.41, 5.74) is 1.51. The average molecular weight is 349 g/mol. The van der Waals surface area contributed by atoms with Gasteiger partial charge in [0.1, 0.15) is 12.4 Å². The van der Waals surface area contributed by atoms with Gasteiger partial charge in [-0.25, -0.2) is 4.79 Å². The Bertz CT molecular complexity index is 700. The molecule has 2 aliphatic heterocycles. The first-order chi connectivity index (χ1) is 11.6. The molecular weight excluding hydrogens is 328 g/mol. The van der Waals surface area contributed by atoms with E-state index in [1.165, 1.54) is 4.90 Å². The van der Waals surface area contributed by atoms with Crippen molar-refractivity contribution in [1.82, 2.24) is 9.80 Å². The maximum Gasteiger partial charge on any atom is 0.330 e. The number of amides is 3. The molecule has 0 unspecified atom stereocenters.